The van der Waals surface area contributed by atoms with Crippen LogP contribution >= 0.6 is 0 Å². The lowest BCUT2D eigenvalue weighted by Gasteiger charge is -2.24. The maximum atomic E-state index is 13.3. The Morgan fingerprint density at radius 1 is 0.973 bits per heavy atom. The molecule has 3 aromatic rings. The van der Waals surface area contributed by atoms with E-state index in [9.17, 15) is 27.9 Å². The molecule has 1 atom stereocenters. The van der Waals surface area contributed by atoms with Crippen LogP contribution < -0.4 is 16.0 Å². The topological polar surface area (TPSA) is 90.5 Å². The number of nitrogens with one attached hydrogen (secondary N) is 3. The molecule has 37 heavy (non-hydrogen) atoms. The summed E-state index contributed by atoms with van der Waals surface area (Å²) in [6, 6.07) is 16.9. The van der Waals surface area contributed by atoms with Crippen LogP contribution in [0.5, 0.6) is 0 Å². The van der Waals surface area contributed by atoms with E-state index in [2.05, 4.69) is 16.0 Å². The molecular formula is C28H28F3N3O3. The van der Waals surface area contributed by atoms with Gasteiger partial charge in [0.2, 0.25) is 0 Å². The van der Waals surface area contributed by atoms with Crippen LogP contribution in [0.4, 0.5) is 35.0 Å². The van der Waals surface area contributed by atoms with E-state index in [1.807, 2.05) is 19.1 Å². The normalized spacial score (nSPS) is 14.1. The van der Waals surface area contributed by atoms with Gasteiger partial charge in [-0.3, -0.25) is 0 Å². The first-order valence-corrected chi connectivity index (χ1v) is 12.0. The van der Waals surface area contributed by atoms with Gasteiger partial charge in [0.1, 0.15) is 0 Å². The first-order valence-electron chi connectivity index (χ1n) is 12.0. The quantitative estimate of drug-likeness (QED) is 0.239. The van der Waals surface area contributed by atoms with E-state index in [0.29, 0.717) is 28.9 Å². The molecule has 1 fully saturated rings. The Hall–Kier alpha value is -4.01. The summed E-state index contributed by atoms with van der Waals surface area (Å²) in [5.74, 6) is -0.859. The van der Waals surface area contributed by atoms with Crippen molar-refractivity contribution in [3.05, 3.63) is 77.9 Å². The third kappa shape index (κ3) is 7.49. The highest BCUT2D eigenvalue weighted by atomic mass is 19.4. The van der Waals surface area contributed by atoms with Gasteiger partial charge in [0.25, 0.3) is 0 Å². The van der Waals surface area contributed by atoms with Crippen molar-refractivity contribution in [3.63, 3.8) is 0 Å². The predicted molar refractivity (Wildman–Crippen MR) is 138 cm³/mol. The summed E-state index contributed by atoms with van der Waals surface area (Å²) in [5.41, 5.74) is 3.14. The number of halogens is 3. The van der Waals surface area contributed by atoms with Crippen molar-refractivity contribution in [2.45, 2.75) is 44.8 Å². The monoisotopic (exact) mass is 511 g/mol. The molecular weight excluding hydrogens is 483 g/mol. The molecule has 6 nitrogen and oxygen atoms in total. The second-order valence-electron chi connectivity index (χ2n) is 9.40. The lowest BCUT2D eigenvalue weighted by Crippen LogP contribution is -2.28. The minimum Gasteiger partial charge on any atom is -0.478 e. The second kappa shape index (κ2) is 10.9. The van der Waals surface area contributed by atoms with Gasteiger partial charge in [-0.2, -0.15) is 13.2 Å². The highest BCUT2D eigenvalue weighted by Gasteiger charge is 2.35. The lowest BCUT2D eigenvalue weighted by molar-refractivity contribution is -0.137. The molecule has 3 aromatic carbocycles. The number of alkyl halides is 3. The number of aromatic carboxylic acids is 1. The van der Waals surface area contributed by atoms with Crippen molar-refractivity contribution in [1.29, 1.82) is 0 Å². The van der Waals surface area contributed by atoms with E-state index in [4.69, 9.17) is 0 Å². The van der Waals surface area contributed by atoms with Crippen molar-refractivity contribution in [1.82, 2.24) is 0 Å². The Bertz CT molecular complexity index is 1270. The van der Waals surface area contributed by atoms with Crippen molar-refractivity contribution in [2.24, 2.45) is 5.92 Å². The molecule has 0 spiro atoms. The fraction of sp³-hybridized carbons (Fsp3) is 0.286. The summed E-state index contributed by atoms with van der Waals surface area (Å²) in [6.45, 7) is 1.92. The second-order valence-corrected chi connectivity index (χ2v) is 9.40. The molecule has 0 aromatic heterocycles. The minimum atomic E-state index is -4.34. The predicted octanol–water partition coefficient (Wildman–Crippen LogP) is 7.54. The van der Waals surface area contributed by atoms with Crippen LogP contribution in [0.25, 0.3) is 11.1 Å². The van der Waals surface area contributed by atoms with Gasteiger partial charge in [-0.15, -0.1) is 0 Å². The molecule has 1 unspecified atom stereocenters. The summed E-state index contributed by atoms with van der Waals surface area (Å²) < 4.78 is 39.9. The Balaban J connectivity index is 1.65. The maximum absolute atomic E-state index is 13.3. The summed E-state index contributed by atoms with van der Waals surface area (Å²) >= 11 is 0. The van der Waals surface area contributed by atoms with E-state index >= 15 is 0 Å². The molecule has 194 valence electrons. The highest BCUT2D eigenvalue weighted by molar-refractivity contribution is 6.03. The Morgan fingerprint density at radius 2 is 1.68 bits per heavy atom. The van der Waals surface area contributed by atoms with Gasteiger partial charge in [0, 0.05) is 11.7 Å². The van der Waals surface area contributed by atoms with E-state index < -0.39 is 30.6 Å². The number of rotatable bonds is 9. The molecule has 4 rings (SSSR count). The number of carboxylic acids is 1. The zero-order chi connectivity index (χ0) is 26.6. The lowest BCUT2D eigenvalue weighted by atomic mass is 9.98. The molecule has 4 N–H and O–H groups in total. The van der Waals surface area contributed by atoms with Crippen molar-refractivity contribution >= 4 is 29.1 Å². The Labute approximate surface area is 212 Å². The van der Waals surface area contributed by atoms with E-state index in [1.54, 1.807) is 48.5 Å². The molecule has 2 amide bonds. The van der Waals surface area contributed by atoms with Gasteiger partial charge in [-0.05, 0) is 60.7 Å². The number of aryl methyl sites for hydroxylation is 1. The third-order valence-corrected chi connectivity index (χ3v) is 6.20. The number of hydrogen-bond acceptors (Lipinski definition) is 3. The fourth-order valence-electron chi connectivity index (χ4n) is 4.23. The smallest absolute Gasteiger partial charge is 0.391 e. The van der Waals surface area contributed by atoms with Crippen LogP contribution in [0.15, 0.2) is 66.7 Å². The van der Waals surface area contributed by atoms with E-state index in [1.165, 1.54) is 6.07 Å². The first-order chi connectivity index (χ1) is 17.6. The number of anilines is 3. The number of carbonyl (C=O) groups excluding carboxylic acids is 1. The number of carbonyl (C=O) groups is 2. The van der Waals surface area contributed by atoms with Crippen LogP contribution in [-0.4, -0.2) is 29.3 Å². The molecule has 9 heteroatoms. The Morgan fingerprint density at radius 3 is 2.32 bits per heavy atom. The molecule has 0 bridgehead atoms. The standard InChI is InChI=1S/C28H28F3N3O3/c1-17-6-11-20(12-7-17)33-27(37)34-25-15-19(22-4-2-3-5-23(22)26(35)36)10-13-24(25)32-21(14-18-8-9-18)16-28(29,30)31/h2-7,10-13,15,18,21,32H,8-9,14,16H2,1H3,(H,35,36)(H2,33,34,37). The number of hydrogen-bond donors (Lipinski definition) is 4. The van der Waals surface area contributed by atoms with Crippen LogP contribution in [0.3, 0.4) is 0 Å². The SMILES string of the molecule is Cc1ccc(NC(=O)Nc2cc(-c3ccccc3C(=O)O)ccc2NC(CC2CC2)CC(F)(F)F)cc1. The van der Waals surface area contributed by atoms with Crippen LogP contribution in [0.2, 0.25) is 0 Å². The summed E-state index contributed by atoms with van der Waals surface area (Å²) in [4.78, 5) is 24.6. The largest absolute Gasteiger partial charge is 0.478 e. The highest BCUT2D eigenvalue weighted by Crippen LogP contribution is 2.38. The summed E-state index contributed by atoms with van der Waals surface area (Å²) in [5, 5.41) is 18.0. The molecule has 0 heterocycles. The van der Waals surface area contributed by atoms with Gasteiger partial charge in [-0.1, -0.05) is 54.8 Å². The van der Waals surface area contributed by atoms with Gasteiger partial charge in [-0.25, -0.2) is 9.59 Å². The number of benzene rings is 3. The maximum Gasteiger partial charge on any atom is 0.391 e. The molecule has 0 saturated heterocycles. The average Bonchev–Trinajstić information content (AvgIpc) is 3.64. The van der Waals surface area contributed by atoms with Crippen molar-refractivity contribution in [3.8, 4) is 11.1 Å². The van der Waals surface area contributed by atoms with Gasteiger partial charge >= 0.3 is 18.2 Å². The van der Waals surface area contributed by atoms with Crippen molar-refractivity contribution < 1.29 is 27.9 Å². The van der Waals surface area contributed by atoms with Crippen molar-refractivity contribution in [2.75, 3.05) is 16.0 Å². The zero-order valence-corrected chi connectivity index (χ0v) is 20.2. The number of carboxylic acid groups (broad SMARTS) is 1. The Kier molecular flexibility index (Phi) is 7.71. The molecule has 1 aliphatic carbocycles. The van der Waals surface area contributed by atoms with Crippen LogP contribution in [-0.2, 0) is 0 Å². The molecule has 0 radical (unpaired) electrons. The fourth-order valence-corrected chi connectivity index (χ4v) is 4.23. The van der Waals surface area contributed by atoms with Gasteiger partial charge in [0.15, 0.2) is 0 Å². The van der Waals surface area contributed by atoms with Crippen LogP contribution in [0, 0.1) is 12.8 Å². The summed E-state index contributed by atoms with van der Waals surface area (Å²) in [7, 11) is 0. The van der Waals surface area contributed by atoms with E-state index in [-0.39, 0.29) is 17.2 Å². The number of urea groups is 1. The summed E-state index contributed by atoms with van der Waals surface area (Å²) in [6.07, 6.45) is -3.15. The zero-order valence-electron chi connectivity index (χ0n) is 20.2. The van der Waals surface area contributed by atoms with E-state index in [0.717, 1.165) is 18.4 Å². The first kappa shape index (κ1) is 26.1. The molecule has 0 aliphatic heterocycles. The third-order valence-electron chi connectivity index (χ3n) is 6.20. The molecule has 1 saturated carbocycles. The van der Waals surface area contributed by atoms with Gasteiger partial charge in [0.05, 0.1) is 23.4 Å². The number of amides is 2. The average molecular weight is 512 g/mol. The van der Waals surface area contributed by atoms with Gasteiger partial charge < -0.3 is 21.1 Å². The van der Waals surface area contributed by atoms with Crippen LogP contribution in [0.1, 0.15) is 41.6 Å². The minimum absolute atomic E-state index is 0.0712. The molecule has 1 aliphatic rings.